The van der Waals surface area contributed by atoms with Crippen LogP contribution in [0.2, 0.25) is 0 Å². The van der Waals surface area contributed by atoms with Crippen molar-refractivity contribution in [3.8, 4) is 0 Å². The van der Waals surface area contributed by atoms with E-state index in [1.807, 2.05) is 13.8 Å². The van der Waals surface area contributed by atoms with Crippen molar-refractivity contribution in [2.75, 3.05) is 0 Å². The summed E-state index contributed by atoms with van der Waals surface area (Å²) in [5.41, 5.74) is 7.58. The molecule has 2 aromatic carbocycles. The van der Waals surface area contributed by atoms with Crippen LogP contribution in [0, 0.1) is 0 Å². The molecular weight excluding hydrogens is 386 g/mol. The first-order valence-electron chi connectivity index (χ1n) is 10.1. The van der Waals surface area contributed by atoms with Crippen molar-refractivity contribution in [3.63, 3.8) is 0 Å². The minimum absolute atomic E-state index is 0.265. The Bertz CT molecular complexity index is 819. The van der Waals surface area contributed by atoms with Crippen LogP contribution in [-0.2, 0) is 10.2 Å². The fraction of sp³-hybridized carbons (Fsp3) is 0.435. The normalized spacial score (nSPS) is 15.8. The Hall–Kier alpha value is -2.29. The van der Waals surface area contributed by atoms with Crippen LogP contribution in [0.1, 0.15) is 73.9 Å². The van der Waals surface area contributed by atoms with Crippen LogP contribution in [0.3, 0.4) is 0 Å². The number of aliphatic hydroxyl groups is 4. The second-order valence-corrected chi connectivity index (χ2v) is 7.60. The predicted molar refractivity (Wildman–Crippen MR) is 112 cm³/mol. The Kier molecular flexibility index (Phi) is 8.11. The lowest BCUT2D eigenvalue weighted by Crippen LogP contribution is -2.54. The monoisotopic (exact) mass is 417 g/mol. The maximum absolute atomic E-state index is 12.1. The molecule has 30 heavy (non-hydrogen) atoms. The molecule has 0 bridgehead atoms. The van der Waals surface area contributed by atoms with E-state index in [4.69, 9.17) is 5.73 Å². The average Bonchev–Trinajstić information content (AvgIpc) is 2.73. The molecule has 2 rings (SSSR count). The summed E-state index contributed by atoms with van der Waals surface area (Å²) in [6.45, 7) is 3.93. The Labute approximate surface area is 176 Å². The van der Waals surface area contributed by atoms with Gasteiger partial charge in [-0.3, -0.25) is 4.79 Å². The Morgan fingerprint density at radius 3 is 1.67 bits per heavy atom. The molecule has 0 aliphatic heterocycles. The van der Waals surface area contributed by atoms with Gasteiger partial charge in [0.05, 0.1) is 0 Å². The van der Waals surface area contributed by atoms with Gasteiger partial charge in [-0.25, -0.2) is 0 Å². The minimum Gasteiger partial charge on any atom is -0.480 e. The lowest BCUT2D eigenvalue weighted by atomic mass is 9.60. The molecule has 7 heteroatoms. The molecular formula is C23H31NO6. The van der Waals surface area contributed by atoms with Crippen LogP contribution in [0.4, 0.5) is 0 Å². The average molecular weight is 418 g/mol. The van der Waals surface area contributed by atoms with Gasteiger partial charge >= 0.3 is 5.97 Å². The van der Waals surface area contributed by atoms with E-state index in [0.29, 0.717) is 36.0 Å². The van der Waals surface area contributed by atoms with Crippen molar-refractivity contribution in [2.24, 2.45) is 5.73 Å². The molecule has 2 unspecified atom stereocenters. The minimum atomic E-state index is -1.62. The van der Waals surface area contributed by atoms with E-state index in [1.165, 1.54) is 0 Å². The number of aliphatic hydroxyl groups excluding tert-OH is 2. The predicted octanol–water partition coefficient (Wildman–Crippen LogP) is 2.30. The van der Waals surface area contributed by atoms with Crippen molar-refractivity contribution < 1.29 is 30.3 Å². The maximum Gasteiger partial charge on any atom is 0.321 e. The fourth-order valence-corrected chi connectivity index (χ4v) is 4.47. The van der Waals surface area contributed by atoms with E-state index in [9.17, 15) is 30.3 Å². The first-order chi connectivity index (χ1) is 14.2. The number of nitrogens with two attached hydrogens (primary N) is 1. The van der Waals surface area contributed by atoms with Gasteiger partial charge in [-0.05, 0) is 29.9 Å². The highest BCUT2D eigenvalue weighted by Crippen LogP contribution is 2.47. The zero-order valence-corrected chi connectivity index (χ0v) is 17.3. The second kappa shape index (κ2) is 10.1. The summed E-state index contributed by atoms with van der Waals surface area (Å²) in [5, 5.41) is 47.5. The summed E-state index contributed by atoms with van der Waals surface area (Å²) >= 11 is 0. The highest BCUT2D eigenvalue weighted by molar-refractivity contribution is 5.76. The lowest BCUT2D eigenvalue weighted by Gasteiger charge is -2.44. The zero-order valence-electron chi connectivity index (χ0n) is 17.3. The Morgan fingerprint density at radius 1 is 0.867 bits per heavy atom. The number of aliphatic carboxylic acids is 1. The first-order valence-corrected chi connectivity index (χ1v) is 10.1. The standard InChI is InChI=1S/C23H31NO6/c1-3-13-23(19(24)22(29)30,17-11-9-16(10-12-17)21(27)28)18(4-2)14-5-7-15(8-6-14)20(25)26/h5-12,18-21,25-28H,3-4,13,24H2,1-2H3,(H,29,30)/t18?,19-,23?/m1/s1. The van der Waals surface area contributed by atoms with Crippen LogP contribution in [0.15, 0.2) is 48.5 Å². The van der Waals surface area contributed by atoms with Gasteiger partial charge in [-0.15, -0.1) is 0 Å². The van der Waals surface area contributed by atoms with Crippen LogP contribution < -0.4 is 5.73 Å². The van der Waals surface area contributed by atoms with Crippen LogP contribution in [0.25, 0.3) is 0 Å². The maximum atomic E-state index is 12.1. The van der Waals surface area contributed by atoms with Crippen molar-refractivity contribution >= 4 is 5.97 Å². The molecule has 0 aromatic heterocycles. The number of rotatable bonds is 10. The van der Waals surface area contributed by atoms with Gasteiger partial charge in [0, 0.05) is 16.5 Å². The molecule has 3 atom stereocenters. The molecule has 0 aliphatic rings. The third-order valence-electron chi connectivity index (χ3n) is 5.90. The highest BCUT2D eigenvalue weighted by atomic mass is 16.5. The summed E-state index contributed by atoms with van der Waals surface area (Å²) in [4.78, 5) is 12.1. The molecule has 0 saturated carbocycles. The van der Waals surface area contributed by atoms with Crippen molar-refractivity contribution in [1.29, 1.82) is 0 Å². The van der Waals surface area contributed by atoms with Gasteiger partial charge in [-0.1, -0.05) is 68.8 Å². The summed E-state index contributed by atoms with van der Waals surface area (Å²) in [5.74, 6) is -1.38. The lowest BCUT2D eigenvalue weighted by molar-refractivity contribution is -0.141. The van der Waals surface area contributed by atoms with E-state index < -0.39 is 30.0 Å². The van der Waals surface area contributed by atoms with Gasteiger partial charge in [0.1, 0.15) is 6.04 Å². The molecule has 0 spiro atoms. The molecule has 7 nitrogen and oxygen atoms in total. The molecule has 0 radical (unpaired) electrons. The van der Waals surface area contributed by atoms with Crippen molar-refractivity contribution in [3.05, 3.63) is 70.8 Å². The number of hydrogen-bond acceptors (Lipinski definition) is 6. The second-order valence-electron chi connectivity index (χ2n) is 7.60. The molecule has 2 aromatic rings. The van der Waals surface area contributed by atoms with Gasteiger partial charge in [0.25, 0.3) is 0 Å². The van der Waals surface area contributed by atoms with E-state index in [-0.39, 0.29) is 5.92 Å². The van der Waals surface area contributed by atoms with Crippen LogP contribution in [0.5, 0.6) is 0 Å². The molecule has 0 aliphatic carbocycles. The highest BCUT2D eigenvalue weighted by Gasteiger charge is 2.47. The molecule has 0 fully saturated rings. The number of benzene rings is 2. The SMILES string of the molecule is CCCC(c1ccc(C(O)O)cc1)(C(CC)c1ccc(C(O)O)cc1)[C@H](N)C(=O)O. The first kappa shape index (κ1) is 24.0. The number of carbonyl (C=O) groups is 1. The van der Waals surface area contributed by atoms with Crippen molar-refractivity contribution in [1.82, 2.24) is 0 Å². The number of carboxylic acids is 1. The molecule has 0 saturated heterocycles. The van der Waals surface area contributed by atoms with Crippen molar-refractivity contribution in [2.45, 2.75) is 63.1 Å². The van der Waals surface area contributed by atoms with E-state index in [0.717, 1.165) is 5.56 Å². The van der Waals surface area contributed by atoms with Gasteiger partial charge in [0.2, 0.25) is 0 Å². The molecule has 164 valence electrons. The fourth-order valence-electron chi connectivity index (χ4n) is 4.47. The summed E-state index contributed by atoms with van der Waals surface area (Å²) in [6, 6.07) is 12.1. The van der Waals surface area contributed by atoms with Gasteiger partial charge in [0.15, 0.2) is 12.6 Å². The topological polar surface area (TPSA) is 144 Å². The summed E-state index contributed by atoms with van der Waals surface area (Å²) in [6.07, 6.45) is -1.41. The largest absolute Gasteiger partial charge is 0.480 e. The Balaban J connectivity index is 2.69. The molecule has 0 heterocycles. The number of carboxylic acid groups (broad SMARTS) is 1. The third-order valence-corrected chi connectivity index (χ3v) is 5.90. The zero-order chi connectivity index (χ0) is 22.5. The van der Waals surface area contributed by atoms with Crippen LogP contribution >= 0.6 is 0 Å². The smallest absolute Gasteiger partial charge is 0.321 e. The summed E-state index contributed by atoms with van der Waals surface area (Å²) < 4.78 is 0. The Morgan fingerprint density at radius 2 is 1.30 bits per heavy atom. The third kappa shape index (κ3) is 4.71. The van der Waals surface area contributed by atoms with E-state index in [2.05, 4.69) is 0 Å². The van der Waals surface area contributed by atoms with E-state index >= 15 is 0 Å². The van der Waals surface area contributed by atoms with E-state index in [1.54, 1.807) is 48.5 Å². The quantitative estimate of drug-likeness (QED) is 0.325. The van der Waals surface area contributed by atoms with Gasteiger partial charge in [-0.2, -0.15) is 0 Å². The van der Waals surface area contributed by atoms with Crippen LogP contribution in [-0.4, -0.2) is 37.5 Å². The van der Waals surface area contributed by atoms with Gasteiger partial charge < -0.3 is 31.3 Å². The number of hydrogen-bond donors (Lipinski definition) is 6. The summed E-state index contributed by atoms with van der Waals surface area (Å²) in [7, 11) is 0. The molecule has 0 amide bonds. The molecule has 7 N–H and O–H groups in total.